The molecule has 1 aliphatic carbocycles. The molecule has 0 aliphatic heterocycles. The van der Waals surface area contributed by atoms with Crippen molar-refractivity contribution < 1.29 is 0 Å². The standard InChI is InChI=1S/C17H16N2S/c1-11-8-12(2)19-17(16(11)10-18)20-15-7-6-13-4-3-5-14(13)9-15/h6-9H,3-5H2,1-2H3. The second kappa shape index (κ2) is 5.30. The molecule has 0 radical (unpaired) electrons. The van der Waals surface area contributed by atoms with Crippen LogP contribution in [0.2, 0.25) is 0 Å². The molecule has 20 heavy (non-hydrogen) atoms. The summed E-state index contributed by atoms with van der Waals surface area (Å²) in [7, 11) is 0. The van der Waals surface area contributed by atoms with E-state index in [1.807, 2.05) is 19.9 Å². The number of benzene rings is 1. The molecular formula is C17H16N2S. The summed E-state index contributed by atoms with van der Waals surface area (Å²) in [4.78, 5) is 5.71. The molecule has 3 heteroatoms. The Labute approximate surface area is 123 Å². The van der Waals surface area contributed by atoms with Crippen molar-refractivity contribution in [3.63, 3.8) is 0 Å². The highest BCUT2D eigenvalue weighted by molar-refractivity contribution is 7.99. The van der Waals surface area contributed by atoms with Crippen molar-refractivity contribution in [2.24, 2.45) is 0 Å². The summed E-state index contributed by atoms with van der Waals surface area (Å²) in [6.07, 6.45) is 3.63. The smallest absolute Gasteiger partial charge is 0.119 e. The summed E-state index contributed by atoms with van der Waals surface area (Å²) in [6.45, 7) is 3.95. The molecule has 1 heterocycles. The molecule has 0 saturated carbocycles. The Bertz CT molecular complexity index is 714. The molecular weight excluding hydrogens is 264 g/mol. The fraction of sp³-hybridized carbons (Fsp3) is 0.294. The fourth-order valence-electron chi connectivity index (χ4n) is 2.74. The zero-order valence-corrected chi connectivity index (χ0v) is 12.5. The van der Waals surface area contributed by atoms with E-state index in [-0.39, 0.29) is 0 Å². The molecule has 2 aromatic rings. The molecule has 1 aliphatic rings. The second-order valence-electron chi connectivity index (χ2n) is 5.26. The molecule has 0 atom stereocenters. The van der Waals surface area contributed by atoms with Crippen LogP contribution in [0.4, 0.5) is 0 Å². The van der Waals surface area contributed by atoms with Gasteiger partial charge in [-0.15, -0.1) is 0 Å². The van der Waals surface area contributed by atoms with Crippen LogP contribution in [0.3, 0.4) is 0 Å². The number of aryl methyl sites for hydroxylation is 4. The lowest BCUT2D eigenvalue weighted by atomic mass is 10.1. The Hall–Kier alpha value is -1.79. The van der Waals surface area contributed by atoms with E-state index in [1.54, 1.807) is 11.8 Å². The summed E-state index contributed by atoms with van der Waals surface area (Å²) in [5.41, 5.74) is 5.59. The molecule has 0 amide bonds. The van der Waals surface area contributed by atoms with Crippen molar-refractivity contribution in [2.75, 3.05) is 0 Å². The molecule has 1 aromatic heterocycles. The third-order valence-corrected chi connectivity index (χ3v) is 4.69. The summed E-state index contributed by atoms with van der Waals surface area (Å²) in [5, 5.41) is 10.1. The molecule has 0 spiro atoms. The van der Waals surface area contributed by atoms with Crippen molar-refractivity contribution >= 4 is 11.8 Å². The number of nitrogens with zero attached hydrogens (tertiary/aromatic N) is 2. The molecule has 0 N–H and O–H groups in total. The molecule has 0 fully saturated rings. The maximum Gasteiger partial charge on any atom is 0.119 e. The minimum atomic E-state index is 0.695. The van der Waals surface area contributed by atoms with Gasteiger partial charge in [-0.1, -0.05) is 17.8 Å². The van der Waals surface area contributed by atoms with E-state index in [0.29, 0.717) is 5.56 Å². The second-order valence-corrected chi connectivity index (χ2v) is 6.32. The van der Waals surface area contributed by atoms with Gasteiger partial charge in [0.15, 0.2) is 0 Å². The first-order valence-corrected chi connectivity index (χ1v) is 7.67. The van der Waals surface area contributed by atoms with Gasteiger partial charge in [0.25, 0.3) is 0 Å². The zero-order chi connectivity index (χ0) is 14.1. The maximum absolute atomic E-state index is 9.32. The van der Waals surface area contributed by atoms with E-state index in [2.05, 4.69) is 29.3 Å². The van der Waals surface area contributed by atoms with E-state index < -0.39 is 0 Å². The summed E-state index contributed by atoms with van der Waals surface area (Å²) < 4.78 is 0. The van der Waals surface area contributed by atoms with Gasteiger partial charge in [-0.25, -0.2) is 4.98 Å². The fourth-order valence-corrected chi connectivity index (χ4v) is 3.79. The Balaban J connectivity index is 1.97. The molecule has 0 bridgehead atoms. The van der Waals surface area contributed by atoms with Gasteiger partial charge in [-0.3, -0.25) is 0 Å². The van der Waals surface area contributed by atoms with Gasteiger partial charge in [0.05, 0.1) is 5.56 Å². The zero-order valence-electron chi connectivity index (χ0n) is 11.7. The van der Waals surface area contributed by atoms with Gasteiger partial charge < -0.3 is 0 Å². The number of aromatic nitrogens is 1. The molecule has 3 rings (SSSR count). The number of nitriles is 1. The van der Waals surface area contributed by atoms with Crippen LogP contribution in [0.5, 0.6) is 0 Å². The van der Waals surface area contributed by atoms with Crippen LogP contribution >= 0.6 is 11.8 Å². The van der Waals surface area contributed by atoms with Crippen molar-refractivity contribution in [2.45, 2.75) is 43.0 Å². The Morgan fingerprint density at radius 3 is 2.75 bits per heavy atom. The highest BCUT2D eigenvalue weighted by atomic mass is 32.2. The van der Waals surface area contributed by atoms with Crippen LogP contribution in [0, 0.1) is 25.2 Å². The third kappa shape index (κ3) is 2.44. The summed E-state index contributed by atoms with van der Waals surface area (Å²) in [5.74, 6) is 0. The first kappa shape index (κ1) is 13.2. The predicted octanol–water partition coefficient (Wildman–Crippen LogP) is 4.21. The third-order valence-electron chi connectivity index (χ3n) is 3.71. The first-order chi connectivity index (χ1) is 9.67. The van der Waals surface area contributed by atoms with Crippen LogP contribution in [-0.2, 0) is 12.8 Å². The average Bonchev–Trinajstić information content (AvgIpc) is 2.85. The summed E-state index contributed by atoms with van der Waals surface area (Å²) >= 11 is 1.60. The van der Waals surface area contributed by atoms with Crippen molar-refractivity contribution in [1.29, 1.82) is 5.26 Å². The minimum Gasteiger partial charge on any atom is -0.245 e. The van der Waals surface area contributed by atoms with Crippen LogP contribution in [0.15, 0.2) is 34.2 Å². The monoisotopic (exact) mass is 280 g/mol. The molecule has 2 nitrogen and oxygen atoms in total. The van der Waals surface area contributed by atoms with E-state index >= 15 is 0 Å². The Morgan fingerprint density at radius 2 is 1.95 bits per heavy atom. The van der Waals surface area contributed by atoms with Crippen LogP contribution in [-0.4, -0.2) is 4.98 Å². The largest absolute Gasteiger partial charge is 0.245 e. The molecule has 1 aromatic carbocycles. The first-order valence-electron chi connectivity index (χ1n) is 6.85. The lowest BCUT2D eigenvalue weighted by molar-refractivity contribution is 0.911. The normalized spacial score (nSPS) is 13.1. The number of rotatable bonds is 2. The van der Waals surface area contributed by atoms with Gasteiger partial charge in [0.1, 0.15) is 11.1 Å². The number of pyridine rings is 1. The number of hydrogen-bond acceptors (Lipinski definition) is 3. The topological polar surface area (TPSA) is 36.7 Å². The van der Waals surface area contributed by atoms with Crippen molar-refractivity contribution in [3.05, 3.63) is 52.2 Å². The van der Waals surface area contributed by atoms with Gasteiger partial charge in [0.2, 0.25) is 0 Å². The molecule has 0 unspecified atom stereocenters. The average molecular weight is 280 g/mol. The Morgan fingerprint density at radius 1 is 1.15 bits per heavy atom. The lowest BCUT2D eigenvalue weighted by Gasteiger charge is -2.08. The van der Waals surface area contributed by atoms with E-state index in [9.17, 15) is 5.26 Å². The van der Waals surface area contributed by atoms with Gasteiger partial charge >= 0.3 is 0 Å². The van der Waals surface area contributed by atoms with Gasteiger partial charge in [-0.05, 0) is 68.0 Å². The number of hydrogen-bond donors (Lipinski definition) is 0. The van der Waals surface area contributed by atoms with Crippen LogP contribution < -0.4 is 0 Å². The van der Waals surface area contributed by atoms with Gasteiger partial charge in [0, 0.05) is 10.6 Å². The van der Waals surface area contributed by atoms with Crippen molar-refractivity contribution in [1.82, 2.24) is 4.98 Å². The lowest BCUT2D eigenvalue weighted by Crippen LogP contribution is -1.94. The predicted molar refractivity (Wildman–Crippen MR) is 81.0 cm³/mol. The van der Waals surface area contributed by atoms with Gasteiger partial charge in [-0.2, -0.15) is 5.26 Å². The summed E-state index contributed by atoms with van der Waals surface area (Å²) in [6, 6.07) is 10.9. The van der Waals surface area contributed by atoms with E-state index in [1.165, 1.54) is 35.3 Å². The molecule has 100 valence electrons. The molecule has 0 saturated heterocycles. The van der Waals surface area contributed by atoms with Crippen molar-refractivity contribution in [3.8, 4) is 6.07 Å². The van der Waals surface area contributed by atoms with Crippen LogP contribution in [0.1, 0.15) is 34.4 Å². The van der Waals surface area contributed by atoms with Crippen LogP contribution in [0.25, 0.3) is 0 Å². The van der Waals surface area contributed by atoms with E-state index in [4.69, 9.17) is 0 Å². The Kier molecular flexibility index (Phi) is 3.50. The minimum absolute atomic E-state index is 0.695. The highest BCUT2D eigenvalue weighted by Crippen LogP contribution is 2.33. The highest BCUT2D eigenvalue weighted by Gasteiger charge is 2.14. The van der Waals surface area contributed by atoms with E-state index in [0.717, 1.165) is 16.3 Å². The number of fused-ring (bicyclic) bond motifs is 1. The quantitative estimate of drug-likeness (QED) is 0.827. The SMILES string of the molecule is Cc1cc(C)c(C#N)c(Sc2ccc3c(c2)CCC3)n1. The maximum atomic E-state index is 9.32.